The second-order valence-electron chi connectivity index (χ2n) is 9.05. The summed E-state index contributed by atoms with van der Waals surface area (Å²) in [5.74, 6) is -3.26. The maximum absolute atomic E-state index is 12.9. The van der Waals surface area contributed by atoms with Gasteiger partial charge in [0.1, 0.15) is 5.78 Å². The summed E-state index contributed by atoms with van der Waals surface area (Å²) >= 11 is 0. The largest absolute Gasteiger partial charge is 0.469 e. The highest BCUT2D eigenvalue weighted by Gasteiger charge is 2.41. The molecule has 34 heavy (non-hydrogen) atoms. The van der Waals surface area contributed by atoms with Gasteiger partial charge in [0, 0.05) is 44.1 Å². The third-order valence-electron chi connectivity index (χ3n) is 6.56. The van der Waals surface area contributed by atoms with Gasteiger partial charge in [0.15, 0.2) is 0 Å². The first-order valence-electron chi connectivity index (χ1n) is 11.3. The average molecular weight is 470 g/mol. The standard InChI is InChI=1S/C25H31N3O6/c1-15-4-9-22(30)27(12-19(10-15)25(33)34-3)11-17-5-7-18(8-6-17)24(32)28-13-20(16(2)29)21(14-28)23(26)31/h5-8,10,19-21H,4,9,11-14H2,1-3H3,(H2,26,31)/b15-10+/t19-,20+,21-/m1/s1. The van der Waals surface area contributed by atoms with E-state index in [1.807, 2.05) is 13.0 Å². The molecule has 2 N–H and O–H groups in total. The summed E-state index contributed by atoms with van der Waals surface area (Å²) in [5, 5.41) is 0. The van der Waals surface area contributed by atoms with Gasteiger partial charge in [-0.1, -0.05) is 23.8 Å². The van der Waals surface area contributed by atoms with Crippen LogP contribution < -0.4 is 5.73 Å². The monoisotopic (exact) mass is 469 g/mol. The minimum absolute atomic E-state index is 0.0497. The molecule has 3 amide bonds. The highest BCUT2D eigenvalue weighted by Crippen LogP contribution is 2.26. The van der Waals surface area contributed by atoms with Crippen LogP contribution in [0.2, 0.25) is 0 Å². The molecule has 9 heteroatoms. The van der Waals surface area contributed by atoms with Crippen molar-refractivity contribution in [3.8, 4) is 0 Å². The zero-order valence-corrected chi connectivity index (χ0v) is 19.8. The molecule has 2 heterocycles. The van der Waals surface area contributed by atoms with Gasteiger partial charge in [0.2, 0.25) is 11.8 Å². The quantitative estimate of drug-likeness (QED) is 0.494. The molecule has 0 spiro atoms. The van der Waals surface area contributed by atoms with E-state index in [9.17, 15) is 24.0 Å². The lowest BCUT2D eigenvalue weighted by Crippen LogP contribution is -2.38. The number of allylic oxidation sites excluding steroid dienone is 1. The summed E-state index contributed by atoms with van der Waals surface area (Å²) in [5.41, 5.74) is 7.63. The maximum Gasteiger partial charge on any atom is 0.314 e. The number of nitrogens with zero attached hydrogens (tertiary/aromatic N) is 2. The number of benzene rings is 1. The number of methoxy groups -OCH3 is 1. The predicted octanol–water partition coefficient (Wildman–Crippen LogP) is 1.31. The summed E-state index contributed by atoms with van der Waals surface area (Å²) in [7, 11) is 1.33. The number of carbonyl (C=O) groups is 5. The molecule has 0 bridgehead atoms. The normalized spacial score (nSPS) is 24.6. The Kier molecular flexibility index (Phi) is 7.86. The van der Waals surface area contributed by atoms with Gasteiger partial charge in [-0.2, -0.15) is 0 Å². The van der Waals surface area contributed by atoms with Gasteiger partial charge in [0.05, 0.1) is 18.9 Å². The smallest absolute Gasteiger partial charge is 0.314 e. The molecule has 182 valence electrons. The van der Waals surface area contributed by atoms with Gasteiger partial charge in [-0.25, -0.2) is 0 Å². The Labute approximate surface area is 198 Å². The van der Waals surface area contributed by atoms with Crippen molar-refractivity contribution in [2.24, 2.45) is 23.5 Å². The Morgan fingerprint density at radius 3 is 2.24 bits per heavy atom. The third kappa shape index (κ3) is 5.70. The molecule has 0 aromatic heterocycles. The lowest BCUT2D eigenvalue weighted by Gasteiger charge is -2.28. The van der Waals surface area contributed by atoms with Gasteiger partial charge in [-0.15, -0.1) is 0 Å². The van der Waals surface area contributed by atoms with E-state index >= 15 is 0 Å². The van der Waals surface area contributed by atoms with Crippen molar-refractivity contribution < 1.29 is 28.7 Å². The zero-order chi connectivity index (χ0) is 25.0. The van der Waals surface area contributed by atoms with E-state index in [1.54, 1.807) is 29.2 Å². The van der Waals surface area contributed by atoms with Crippen LogP contribution in [0.25, 0.3) is 0 Å². The van der Waals surface area contributed by atoms with E-state index in [1.165, 1.54) is 18.9 Å². The van der Waals surface area contributed by atoms with Crippen molar-refractivity contribution in [2.45, 2.75) is 33.2 Å². The number of ether oxygens (including phenoxy) is 1. The number of amides is 3. The van der Waals surface area contributed by atoms with Crippen molar-refractivity contribution >= 4 is 29.5 Å². The van der Waals surface area contributed by atoms with E-state index in [2.05, 4.69) is 0 Å². The summed E-state index contributed by atoms with van der Waals surface area (Å²) < 4.78 is 4.89. The minimum Gasteiger partial charge on any atom is -0.469 e. The SMILES string of the molecule is COC(=O)[C@@H]1/C=C(\C)CCC(=O)N(Cc2ccc(C(=O)N3C[C@@H](C(C)=O)[C@H](C(N)=O)C3)cc2)C1. The zero-order valence-electron chi connectivity index (χ0n) is 19.8. The van der Waals surface area contributed by atoms with Crippen molar-refractivity contribution in [2.75, 3.05) is 26.7 Å². The van der Waals surface area contributed by atoms with Gasteiger partial charge in [0.25, 0.3) is 5.91 Å². The average Bonchev–Trinajstić information content (AvgIpc) is 3.26. The van der Waals surface area contributed by atoms with E-state index in [0.717, 1.165) is 11.1 Å². The summed E-state index contributed by atoms with van der Waals surface area (Å²) in [4.78, 5) is 64.5. The van der Waals surface area contributed by atoms with Crippen LogP contribution in [-0.4, -0.2) is 66.0 Å². The first-order valence-corrected chi connectivity index (χ1v) is 11.3. The number of Topliss-reactive ketones (excluding diaryl/α,β-unsaturated/α-hetero) is 1. The fraction of sp³-hybridized carbons (Fsp3) is 0.480. The predicted molar refractivity (Wildman–Crippen MR) is 123 cm³/mol. The van der Waals surface area contributed by atoms with Gasteiger partial charge >= 0.3 is 5.97 Å². The van der Waals surface area contributed by atoms with Crippen molar-refractivity contribution in [1.82, 2.24) is 9.80 Å². The van der Waals surface area contributed by atoms with Crippen LogP contribution in [0.15, 0.2) is 35.9 Å². The Balaban J connectivity index is 1.71. The Hall–Kier alpha value is -3.49. The van der Waals surface area contributed by atoms with E-state index in [0.29, 0.717) is 24.9 Å². The number of rotatable bonds is 6. The molecule has 3 rings (SSSR count). The lowest BCUT2D eigenvalue weighted by atomic mass is 9.92. The molecule has 1 aromatic rings. The Morgan fingerprint density at radius 2 is 1.68 bits per heavy atom. The topological polar surface area (TPSA) is 127 Å². The number of primary amides is 1. The second-order valence-corrected chi connectivity index (χ2v) is 9.05. The highest BCUT2D eigenvalue weighted by atomic mass is 16.5. The minimum atomic E-state index is -0.681. The number of nitrogens with two attached hydrogens (primary N) is 1. The highest BCUT2D eigenvalue weighted by molar-refractivity contribution is 5.96. The summed E-state index contributed by atoms with van der Waals surface area (Å²) in [6.45, 7) is 4.10. The van der Waals surface area contributed by atoms with E-state index < -0.39 is 23.7 Å². The Bertz CT molecular complexity index is 994. The molecule has 1 fully saturated rings. The molecule has 0 aliphatic carbocycles. The van der Waals surface area contributed by atoms with Crippen LogP contribution in [-0.2, 0) is 30.5 Å². The third-order valence-corrected chi connectivity index (χ3v) is 6.56. The van der Waals surface area contributed by atoms with Crippen LogP contribution in [0.4, 0.5) is 0 Å². The Morgan fingerprint density at radius 1 is 1.03 bits per heavy atom. The molecule has 2 aliphatic rings. The molecule has 0 radical (unpaired) electrons. The number of hydrogen-bond donors (Lipinski definition) is 1. The second kappa shape index (κ2) is 10.6. The molecule has 1 aromatic carbocycles. The van der Waals surface area contributed by atoms with Gasteiger partial charge < -0.3 is 20.3 Å². The first kappa shape index (κ1) is 25.1. The molecule has 1 saturated heterocycles. The van der Waals surface area contributed by atoms with Gasteiger partial charge in [-0.3, -0.25) is 24.0 Å². The molecule has 0 saturated carbocycles. The summed E-state index contributed by atoms with van der Waals surface area (Å²) in [6, 6.07) is 6.85. The number of hydrogen-bond acceptors (Lipinski definition) is 6. The summed E-state index contributed by atoms with van der Waals surface area (Å²) in [6.07, 6.45) is 2.80. The molecule has 9 nitrogen and oxygen atoms in total. The lowest BCUT2D eigenvalue weighted by molar-refractivity contribution is -0.145. The number of ketones is 1. The van der Waals surface area contributed by atoms with Crippen LogP contribution in [0.5, 0.6) is 0 Å². The molecule has 2 aliphatic heterocycles. The van der Waals surface area contributed by atoms with E-state index in [-0.39, 0.29) is 43.2 Å². The fourth-order valence-corrected chi connectivity index (χ4v) is 4.55. The van der Waals surface area contributed by atoms with Crippen LogP contribution in [0, 0.1) is 17.8 Å². The number of carbonyl (C=O) groups excluding carboxylic acids is 5. The fourth-order valence-electron chi connectivity index (χ4n) is 4.55. The van der Waals surface area contributed by atoms with E-state index in [4.69, 9.17) is 10.5 Å². The maximum atomic E-state index is 12.9. The van der Waals surface area contributed by atoms with Crippen molar-refractivity contribution in [3.63, 3.8) is 0 Å². The number of esters is 1. The molecule has 0 unspecified atom stereocenters. The molecular formula is C25H31N3O6. The van der Waals surface area contributed by atoms with Crippen LogP contribution in [0.1, 0.15) is 42.6 Å². The number of likely N-dealkylation sites (tertiary alicyclic amines) is 1. The van der Waals surface area contributed by atoms with Crippen molar-refractivity contribution in [1.29, 1.82) is 0 Å². The molecular weight excluding hydrogens is 438 g/mol. The molecule has 3 atom stereocenters. The van der Waals surface area contributed by atoms with Crippen LogP contribution in [0.3, 0.4) is 0 Å². The van der Waals surface area contributed by atoms with Gasteiger partial charge in [-0.05, 0) is 38.0 Å². The first-order chi connectivity index (χ1) is 16.1. The van der Waals surface area contributed by atoms with Crippen LogP contribution >= 0.6 is 0 Å². The van der Waals surface area contributed by atoms with Crippen molar-refractivity contribution in [3.05, 3.63) is 47.0 Å².